The molecule has 2 aromatic carbocycles. The highest BCUT2D eigenvalue weighted by atomic mass is 32.2. The van der Waals surface area contributed by atoms with Gasteiger partial charge in [0.2, 0.25) is 0 Å². The van der Waals surface area contributed by atoms with Gasteiger partial charge in [-0.15, -0.1) is 11.8 Å². The van der Waals surface area contributed by atoms with Crippen molar-refractivity contribution in [2.24, 2.45) is 0 Å². The minimum Gasteiger partial charge on any atom is -0.496 e. The Morgan fingerprint density at radius 2 is 1.70 bits per heavy atom. The Bertz CT molecular complexity index is 685. The van der Waals surface area contributed by atoms with Gasteiger partial charge in [0.1, 0.15) is 17.1 Å². The summed E-state index contributed by atoms with van der Waals surface area (Å²) in [6.07, 6.45) is 1.98. The van der Waals surface area contributed by atoms with Gasteiger partial charge in [0.15, 0.2) is 0 Å². The Morgan fingerprint density at radius 3 is 2.22 bits per heavy atom. The second kappa shape index (κ2) is 7.09. The van der Waals surface area contributed by atoms with Crippen LogP contribution in [0.25, 0.3) is 0 Å². The van der Waals surface area contributed by atoms with Crippen LogP contribution >= 0.6 is 11.8 Å². The van der Waals surface area contributed by atoms with Crippen molar-refractivity contribution in [2.45, 2.75) is 31.1 Å². The van der Waals surface area contributed by atoms with E-state index in [1.165, 1.54) is 5.56 Å². The topological polar surface area (TPSA) is 35.5 Å². The molecule has 0 bridgehead atoms. The van der Waals surface area contributed by atoms with Crippen molar-refractivity contribution in [2.75, 3.05) is 13.4 Å². The third kappa shape index (κ3) is 4.29. The Balaban J connectivity index is 2.19. The molecule has 0 saturated carbocycles. The number of ether oxygens (including phenoxy) is 2. The third-order valence-corrected chi connectivity index (χ3v) is 4.28. The first-order valence-corrected chi connectivity index (χ1v) is 8.62. The lowest BCUT2D eigenvalue weighted by Gasteiger charge is -2.19. The quantitative estimate of drug-likeness (QED) is 0.452. The maximum absolute atomic E-state index is 12.4. The molecule has 0 N–H and O–H groups in total. The van der Waals surface area contributed by atoms with E-state index in [1.54, 1.807) is 24.9 Å². The SMILES string of the molecule is COc1cc(SC)ccc1C(=O)Oc1ccc(C(C)(C)C)cc1. The molecule has 0 amide bonds. The second-order valence-corrected chi connectivity index (χ2v) is 7.11. The molecule has 0 aromatic heterocycles. The van der Waals surface area contributed by atoms with Gasteiger partial charge < -0.3 is 9.47 Å². The van der Waals surface area contributed by atoms with Crippen LogP contribution in [0.2, 0.25) is 0 Å². The van der Waals surface area contributed by atoms with Gasteiger partial charge in [-0.3, -0.25) is 0 Å². The third-order valence-electron chi connectivity index (χ3n) is 3.56. The maximum atomic E-state index is 12.4. The van der Waals surface area contributed by atoms with Crippen molar-refractivity contribution in [1.29, 1.82) is 0 Å². The molecule has 0 aliphatic heterocycles. The van der Waals surface area contributed by atoms with Gasteiger partial charge in [0.05, 0.1) is 7.11 Å². The molecule has 0 atom stereocenters. The van der Waals surface area contributed by atoms with Gasteiger partial charge >= 0.3 is 5.97 Å². The molecule has 0 fully saturated rings. The molecule has 122 valence electrons. The Labute approximate surface area is 142 Å². The Kier molecular flexibility index (Phi) is 5.37. The first-order valence-electron chi connectivity index (χ1n) is 7.40. The number of esters is 1. The molecule has 3 nitrogen and oxygen atoms in total. The lowest BCUT2D eigenvalue weighted by molar-refractivity contribution is 0.0731. The fourth-order valence-electron chi connectivity index (χ4n) is 2.15. The molecule has 2 rings (SSSR count). The van der Waals surface area contributed by atoms with Crippen LogP contribution in [0, 0.1) is 0 Å². The minimum absolute atomic E-state index is 0.0689. The number of benzene rings is 2. The summed E-state index contributed by atoms with van der Waals surface area (Å²) >= 11 is 1.59. The first-order chi connectivity index (χ1) is 10.8. The maximum Gasteiger partial charge on any atom is 0.347 e. The number of methoxy groups -OCH3 is 1. The van der Waals surface area contributed by atoms with Gasteiger partial charge in [0, 0.05) is 4.90 Å². The zero-order chi connectivity index (χ0) is 17.0. The van der Waals surface area contributed by atoms with Crippen molar-refractivity contribution >= 4 is 17.7 Å². The Hall–Kier alpha value is -1.94. The van der Waals surface area contributed by atoms with E-state index in [9.17, 15) is 4.79 Å². The van der Waals surface area contributed by atoms with Gasteiger partial charge in [-0.05, 0) is 47.6 Å². The summed E-state index contributed by atoms with van der Waals surface area (Å²) in [4.78, 5) is 13.4. The molecule has 0 aliphatic carbocycles. The summed E-state index contributed by atoms with van der Waals surface area (Å²) in [5.74, 6) is 0.630. The van der Waals surface area contributed by atoms with Gasteiger partial charge in [0.25, 0.3) is 0 Å². The average molecular weight is 330 g/mol. The number of hydrogen-bond donors (Lipinski definition) is 0. The van der Waals surface area contributed by atoms with Crippen molar-refractivity contribution in [3.63, 3.8) is 0 Å². The molecule has 0 aliphatic rings. The number of rotatable bonds is 4. The van der Waals surface area contributed by atoms with Crippen LogP contribution in [-0.2, 0) is 5.41 Å². The van der Waals surface area contributed by atoms with Gasteiger partial charge in [-0.1, -0.05) is 32.9 Å². The smallest absolute Gasteiger partial charge is 0.347 e. The predicted molar refractivity (Wildman–Crippen MR) is 94.9 cm³/mol. The summed E-state index contributed by atoms with van der Waals surface area (Å²) in [6.45, 7) is 6.44. The van der Waals surface area contributed by atoms with Crippen LogP contribution in [0.5, 0.6) is 11.5 Å². The summed E-state index contributed by atoms with van der Waals surface area (Å²) in [5, 5.41) is 0. The minimum atomic E-state index is -0.419. The van der Waals surface area contributed by atoms with Crippen LogP contribution in [-0.4, -0.2) is 19.3 Å². The molecular weight excluding hydrogens is 308 g/mol. The Morgan fingerprint density at radius 1 is 1.04 bits per heavy atom. The lowest BCUT2D eigenvalue weighted by Crippen LogP contribution is -2.12. The van der Waals surface area contributed by atoms with Crippen LogP contribution in [0.1, 0.15) is 36.7 Å². The highest BCUT2D eigenvalue weighted by Gasteiger charge is 2.17. The van der Waals surface area contributed by atoms with Crippen molar-refractivity contribution in [3.05, 3.63) is 53.6 Å². The largest absolute Gasteiger partial charge is 0.496 e. The van der Waals surface area contributed by atoms with Crippen molar-refractivity contribution < 1.29 is 14.3 Å². The van der Waals surface area contributed by atoms with E-state index in [0.717, 1.165) is 4.90 Å². The number of carbonyl (C=O) groups excluding carboxylic acids is 1. The number of hydrogen-bond acceptors (Lipinski definition) is 4. The normalized spacial score (nSPS) is 11.2. The zero-order valence-electron chi connectivity index (χ0n) is 14.2. The molecule has 4 heteroatoms. The molecule has 0 radical (unpaired) electrons. The molecule has 0 spiro atoms. The van der Waals surface area contributed by atoms with E-state index in [2.05, 4.69) is 20.8 Å². The van der Waals surface area contributed by atoms with Crippen molar-refractivity contribution in [1.82, 2.24) is 0 Å². The van der Waals surface area contributed by atoms with Crippen LogP contribution in [0.3, 0.4) is 0 Å². The van der Waals surface area contributed by atoms with E-state index in [-0.39, 0.29) is 5.41 Å². The molecule has 0 heterocycles. The fourth-order valence-corrected chi connectivity index (χ4v) is 2.58. The molecule has 0 unspecified atom stereocenters. The zero-order valence-corrected chi connectivity index (χ0v) is 15.0. The molecule has 2 aromatic rings. The standard InChI is InChI=1S/C19H22O3S/c1-19(2,3)13-6-8-14(9-7-13)22-18(20)16-11-10-15(23-5)12-17(16)21-4/h6-12H,1-5H3. The van der Waals surface area contributed by atoms with E-state index < -0.39 is 5.97 Å². The van der Waals surface area contributed by atoms with E-state index in [4.69, 9.17) is 9.47 Å². The summed E-state index contributed by atoms with van der Waals surface area (Å²) in [7, 11) is 1.55. The van der Waals surface area contributed by atoms with Crippen molar-refractivity contribution in [3.8, 4) is 11.5 Å². The monoisotopic (exact) mass is 330 g/mol. The van der Waals surface area contributed by atoms with Crippen LogP contribution < -0.4 is 9.47 Å². The van der Waals surface area contributed by atoms with E-state index in [1.807, 2.05) is 42.7 Å². The highest BCUT2D eigenvalue weighted by molar-refractivity contribution is 7.98. The number of thioether (sulfide) groups is 1. The van der Waals surface area contributed by atoms with Crippen LogP contribution in [0.4, 0.5) is 0 Å². The summed E-state index contributed by atoms with van der Waals surface area (Å²) in [5.41, 5.74) is 1.68. The van der Waals surface area contributed by atoms with Gasteiger partial charge in [-0.2, -0.15) is 0 Å². The highest BCUT2D eigenvalue weighted by Crippen LogP contribution is 2.28. The molecular formula is C19H22O3S. The summed E-state index contributed by atoms with van der Waals surface area (Å²) in [6, 6.07) is 13.1. The van der Waals surface area contributed by atoms with Gasteiger partial charge in [-0.25, -0.2) is 4.79 Å². The first kappa shape index (κ1) is 17.4. The predicted octanol–water partition coefficient (Wildman–Crippen LogP) is 4.93. The summed E-state index contributed by atoms with van der Waals surface area (Å²) < 4.78 is 10.8. The lowest BCUT2D eigenvalue weighted by atomic mass is 9.87. The molecule has 23 heavy (non-hydrogen) atoms. The van der Waals surface area contributed by atoms with E-state index in [0.29, 0.717) is 17.1 Å². The van der Waals surface area contributed by atoms with Crippen LogP contribution in [0.15, 0.2) is 47.4 Å². The fraction of sp³-hybridized carbons (Fsp3) is 0.316. The number of carbonyl (C=O) groups is 1. The van der Waals surface area contributed by atoms with E-state index >= 15 is 0 Å². The second-order valence-electron chi connectivity index (χ2n) is 6.23. The average Bonchev–Trinajstić information content (AvgIpc) is 2.53. The molecule has 0 saturated heterocycles.